The van der Waals surface area contributed by atoms with E-state index in [0.29, 0.717) is 6.04 Å². The monoisotopic (exact) mass is 283 g/mol. The first-order valence-corrected chi connectivity index (χ1v) is 9.10. The van der Waals surface area contributed by atoms with Gasteiger partial charge in [0.15, 0.2) is 0 Å². The van der Waals surface area contributed by atoms with E-state index in [9.17, 15) is 0 Å². The zero-order valence-electron chi connectivity index (χ0n) is 12.3. The highest BCUT2D eigenvalue weighted by molar-refractivity contribution is 7.99. The van der Waals surface area contributed by atoms with Crippen molar-refractivity contribution >= 4 is 11.8 Å². The Balaban J connectivity index is 1.80. The Morgan fingerprint density at radius 3 is 2.84 bits per heavy atom. The van der Waals surface area contributed by atoms with Gasteiger partial charge in [0.1, 0.15) is 0 Å². The second-order valence-corrected chi connectivity index (χ2v) is 7.10. The highest BCUT2D eigenvalue weighted by Gasteiger charge is 2.20. The van der Waals surface area contributed by atoms with E-state index in [2.05, 4.69) is 24.0 Å². The predicted molar refractivity (Wildman–Crippen MR) is 84.7 cm³/mol. The van der Waals surface area contributed by atoms with Crippen LogP contribution in [0.1, 0.15) is 58.3 Å². The summed E-state index contributed by atoms with van der Waals surface area (Å²) in [5, 5.41) is 4.62. The lowest BCUT2D eigenvalue weighted by atomic mass is 10.0. The lowest BCUT2D eigenvalue weighted by molar-refractivity contribution is 0.220. The summed E-state index contributed by atoms with van der Waals surface area (Å²) >= 11 is 2.19. The summed E-state index contributed by atoms with van der Waals surface area (Å²) in [5.74, 6) is 1.22. The summed E-state index contributed by atoms with van der Waals surface area (Å²) in [5.41, 5.74) is 1.49. The van der Waals surface area contributed by atoms with Gasteiger partial charge in [0, 0.05) is 17.0 Å². The fourth-order valence-corrected chi connectivity index (χ4v) is 4.38. The van der Waals surface area contributed by atoms with Crippen LogP contribution in [0.25, 0.3) is 0 Å². The molecule has 0 spiro atoms. The van der Waals surface area contributed by atoms with Crippen LogP contribution in [0, 0.1) is 0 Å². The molecule has 1 heterocycles. The molecule has 2 rings (SSSR count). The van der Waals surface area contributed by atoms with Gasteiger partial charge in [-0.3, -0.25) is 0 Å². The molecule has 1 N–H and O–H groups in total. The maximum Gasteiger partial charge on any atom is 0.0876 e. The molecular weight excluding hydrogens is 254 g/mol. The SMILES string of the molecule is CCCNC(CSC1CCCCC1)C1=COCCC1. The second-order valence-electron chi connectivity index (χ2n) is 5.77. The topological polar surface area (TPSA) is 21.3 Å². The highest BCUT2D eigenvalue weighted by atomic mass is 32.2. The lowest BCUT2D eigenvalue weighted by Crippen LogP contribution is -2.35. The third kappa shape index (κ3) is 5.39. The minimum atomic E-state index is 0.534. The zero-order valence-corrected chi connectivity index (χ0v) is 13.1. The highest BCUT2D eigenvalue weighted by Crippen LogP contribution is 2.30. The zero-order chi connectivity index (χ0) is 13.3. The van der Waals surface area contributed by atoms with Crippen molar-refractivity contribution in [1.29, 1.82) is 0 Å². The van der Waals surface area contributed by atoms with Crippen LogP contribution < -0.4 is 5.32 Å². The third-order valence-electron chi connectivity index (χ3n) is 4.10. The van der Waals surface area contributed by atoms with Gasteiger partial charge in [-0.05, 0) is 44.2 Å². The van der Waals surface area contributed by atoms with Crippen molar-refractivity contribution in [3.63, 3.8) is 0 Å². The molecule has 2 nitrogen and oxygen atoms in total. The quantitative estimate of drug-likeness (QED) is 0.759. The summed E-state index contributed by atoms with van der Waals surface area (Å²) in [7, 11) is 0. The van der Waals surface area contributed by atoms with Crippen LogP contribution in [0.3, 0.4) is 0 Å². The van der Waals surface area contributed by atoms with Gasteiger partial charge in [0.25, 0.3) is 0 Å². The maximum absolute atomic E-state index is 5.52. The van der Waals surface area contributed by atoms with Crippen LogP contribution in [0.2, 0.25) is 0 Å². The van der Waals surface area contributed by atoms with E-state index >= 15 is 0 Å². The van der Waals surface area contributed by atoms with Gasteiger partial charge in [0.2, 0.25) is 0 Å². The molecule has 1 unspecified atom stereocenters. The van der Waals surface area contributed by atoms with Crippen molar-refractivity contribution in [3.05, 3.63) is 11.8 Å². The second kappa shape index (κ2) is 8.91. The first kappa shape index (κ1) is 15.2. The molecule has 2 aliphatic rings. The fraction of sp³-hybridized carbons (Fsp3) is 0.875. The Morgan fingerprint density at radius 1 is 1.32 bits per heavy atom. The number of hydrogen-bond donors (Lipinski definition) is 1. The van der Waals surface area contributed by atoms with E-state index in [1.165, 1.54) is 62.7 Å². The minimum Gasteiger partial charge on any atom is -0.501 e. The van der Waals surface area contributed by atoms with Crippen molar-refractivity contribution in [2.45, 2.75) is 69.6 Å². The van der Waals surface area contributed by atoms with E-state index in [1.807, 2.05) is 6.26 Å². The number of ether oxygens (including phenoxy) is 1. The van der Waals surface area contributed by atoms with Gasteiger partial charge in [-0.1, -0.05) is 26.2 Å². The molecule has 0 aromatic heterocycles. The van der Waals surface area contributed by atoms with Crippen molar-refractivity contribution < 1.29 is 4.74 Å². The van der Waals surface area contributed by atoms with Crippen LogP contribution >= 0.6 is 11.8 Å². The maximum atomic E-state index is 5.52. The summed E-state index contributed by atoms with van der Waals surface area (Å²) in [6.07, 6.45) is 12.8. The molecule has 0 aromatic rings. The van der Waals surface area contributed by atoms with E-state index in [4.69, 9.17) is 4.74 Å². The van der Waals surface area contributed by atoms with E-state index in [1.54, 1.807) is 0 Å². The van der Waals surface area contributed by atoms with Crippen molar-refractivity contribution in [3.8, 4) is 0 Å². The Hall–Kier alpha value is -0.150. The van der Waals surface area contributed by atoms with Crippen LogP contribution in [0.15, 0.2) is 11.8 Å². The third-order valence-corrected chi connectivity index (χ3v) is 5.57. The molecule has 0 saturated heterocycles. The smallest absolute Gasteiger partial charge is 0.0876 e. The molecule has 1 aliphatic carbocycles. The Bertz CT molecular complexity index is 274. The molecule has 0 amide bonds. The number of nitrogens with one attached hydrogen (secondary N) is 1. The number of thioether (sulfide) groups is 1. The van der Waals surface area contributed by atoms with Crippen molar-refractivity contribution in [2.75, 3.05) is 18.9 Å². The Morgan fingerprint density at radius 2 is 2.16 bits per heavy atom. The summed E-state index contributed by atoms with van der Waals surface area (Å²) < 4.78 is 5.52. The van der Waals surface area contributed by atoms with Gasteiger partial charge in [0.05, 0.1) is 12.9 Å². The number of rotatable bonds is 7. The molecule has 1 saturated carbocycles. The average Bonchev–Trinajstić information content (AvgIpc) is 2.49. The van der Waals surface area contributed by atoms with Gasteiger partial charge in [-0.2, -0.15) is 11.8 Å². The summed E-state index contributed by atoms with van der Waals surface area (Å²) in [6.45, 7) is 4.26. The Labute approximate surface area is 122 Å². The molecule has 1 atom stereocenters. The summed E-state index contributed by atoms with van der Waals surface area (Å²) in [6, 6.07) is 0.534. The van der Waals surface area contributed by atoms with Gasteiger partial charge < -0.3 is 10.1 Å². The molecule has 0 radical (unpaired) electrons. The van der Waals surface area contributed by atoms with Crippen LogP contribution in [-0.2, 0) is 4.74 Å². The molecule has 0 bridgehead atoms. The van der Waals surface area contributed by atoms with Crippen molar-refractivity contribution in [1.82, 2.24) is 5.32 Å². The summed E-state index contributed by atoms with van der Waals surface area (Å²) in [4.78, 5) is 0. The van der Waals surface area contributed by atoms with Crippen LogP contribution in [0.4, 0.5) is 0 Å². The van der Waals surface area contributed by atoms with Gasteiger partial charge in [-0.25, -0.2) is 0 Å². The minimum absolute atomic E-state index is 0.534. The molecule has 0 aromatic carbocycles. The van der Waals surface area contributed by atoms with Gasteiger partial charge in [-0.15, -0.1) is 0 Å². The lowest BCUT2D eigenvalue weighted by Gasteiger charge is -2.27. The predicted octanol–water partition coefficient (Wildman–Crippen LogP) is 4.11. The van der Waals surface area contributed by atoms with Gasteiger partial charge >= 0.3 is 0 Å². The molecule has 19 heavy (non-hydrogen) atoms. The molecular formula is C16H29NOS. The van der Waals surface area contributed by atoms with Crippen LogP contribution in [-0.4, -0.2) is 30.2 Å². The Kier molecular flexibility index (Phi) is 7.15. The first-order valence-electron chi connectivity index (χ1n) is 8.05. The van der Waals surface area contributed by atoms with E-state index < -0.39 is 0 Å². The molecule has 3 heteroatoms. The van der Waals surface area contributed by atoms with Crippen molar-refractivity contribution in [2.24, 2.45) is 0 Å². The van der Waals surface area contributed by atoms with E-state index in [0.717, 1.165) is 18.4 Å². The normalized spacial score (nSPS) is 22.7. The van der Waals surface area contributed by atoms with Crippen LogP contribution in [0.5, 0.6) is 0 Å². The molecule has 1 aliphatic heterocycles. The molecule has 1 fully saturated rings. The first-order chi connectivity index (χ1) is 9.40. The number of hydrogen-bond acceptors (Lipinski definition) is 3. The average molecular weight is 283 g/mol. The largest absolute Gasteiger partial charge is 0.501 e. The molecule has 110 valence electrons. The fourth-order valence-electron chi connectivity index (χ4n) is 2.92. The standard InChI is InChI=1S/C16H29NOS/c1-2-10-17-16(14-7-6-11-18-12-14)13-19-15-8-4-3-5-9-15/h12,15-17H,2-11,13H2,1H3. The van der Waals surface area contributed by atoms with E-state index in [-0.39, 0.29) is 0 Å².